The summed E-state index contributed by atoms with van der Waals surface area (Å²) >= 11 is 2.05. The van der Waals surface area contributed by atoms with E-state index in [1.54, 1.807) is 12.1 Å². The van der Waals surface area contributed by atoms with E-state index in [1.807, 2.05) is 0 Å². The Bertz CT molecular complexity index is 294. The van der Waals surface area contributed by atoms with Crippen LogP contribution in [0.25, 0.3) is 0 Å². The third-order valence-electron chi connectivity index (χ3n) is 1.82. The Hall–Kier alpha value is -0.300. The lowest BCUT2D eigenvalue weighted by Crippen LogP contribution is -2.31. The van der Waals surface area contributed by atoms with E-state index >= 15 is 0 Å². The second-order valence-corrected chi connectivity index (χ2v) is 4.06. The number of hydrogen-bond donors (Lipinski definition) is 1. The van der Waals surface area contributed by atoms with Crippen molar-refractivity contribution in [2.75, 3.05) is 7.05 Å². The molecule has 0 aromatic heterocycles. The summed E-state index contributed by atoms with van der Waals surface area (Å²) in [5.74, 6) is 0. The molecule has 1 aromatic carbocycles. The van der Waals surface area contributed by atoms with Gasteiger partial charge in [-0.05, 0) is 47.3 Å². The zero-order chi connectivity index (χ0) is 10.8. The highest BCUT2D eigenvalue weighted by molar-refractivity contribution is 14.1. The fraction of sp³-hybridized carbons (Fsp3) is 0.333. The van der Waals surface area contributed by atoms with Gasteiger partial charge in [0.1, 0.15) is 6.04 Å². The molecule has 0 aliphatic carbocycles. The maximum Gasteiger partial charge on any atom is 0.407 e. The monoisotopic (exact) mass is 315 g/mol. The van der Waals surface area contributed by atoms with Crippen LogP contribution in [-0.2, 0) is 0 Å². The van der Waals surface area contributed by atoms with Crippen LogP contribution in [0.2, 0.25) is 0 Å². The van der Waals surface area contributed by atoms with Crippen LogP contribution in [0, 0.1) is 3.57 Å². The molecular weight excluding hydrogens is 306 g/mol. The zero-order valence-corrected chi connectivity index (χ0v) is 9.56. The first kappa shape index (κ1) is 11.8. The molecule has 0 spiro atoms. The number of benzene rings is 1. The lowest BCUT2D eigenvalue weighted by Gasteiger charge is -2.19. The van der Waals surface area contributed by atoms with Crippen LogP contribution in [0.4, 0.5) is 13.2 Å². The van der Waals surface area contributed by atoms with Gasteiger partial charge in [-0.15, -0.1) is 0 Å². The largest absolute Gasteiger partial charge is 0.407 e. The van der Waals surface area contributed by atoms with E-state index in [0.717, 1.165) is 3.57 Å². The van der Waals surface area contributed by atoms with Gasteiger partial charge >= 0.3 is 6.18 Å². The van der Waals surface area contributed by atoms with Crippen LogP contribution >= 0.6 is 22.6 Å². The first-order valence-electron chi connectivity index (χ1n) is 3.94. The number of hydrogen-bond acceptors (Lipinski definition) is 1. The Morgan fingerprint density at radius 2 is 1.71 bits per heavy atom. The summed E-state index contributed by atoms with van der Waals surface area (Å²) in [6.45, 7) is 0. The molecule has 14 heavy (non-hydrogen) atoms. The molecule has 0 radical (unpaired) electrons. The highest BCUT2D eigenvalue weighted by Crippen LogP contribution is 2.32. The molecule has 1 nitrogen and oxygen atoms in total. The molecule has 0 amide bonds. The smallest absolute Gasteiger partial charge is 0.306 e. The summed E-state index contributed by atoms with van der Waals surface area (Å²) in [6.07, 6.45) is -4.25. The van der Waals surface area contributed by atoms with Crippen LogP contribution in [-0.4, -0.2) is 13.2 Å². The summed E-state index contributed by atoms with van der Waals surface area (Å²) in [4.78, 5) is 0. The molecule has 0 aliphatic rings. The summed E-state index contributed by atoms with van der Waals surface area (Å²) in [6, 6.07) is 4.70. The average molecular weight is 315 g/mol. The molecule has 78 valence electrons. The van der Waals surface area contributed by atoms with Crippen LogP contribution in [0.5, 0.6) is 0 Å². The minimum absolute atomic E-state index is 0.236. The van der Waals surface area contributed by atoms with Crippen molar-refractivity contribution in [3.63, 3.8) is 0 Å². The van der Waals surface area contributed by atoms with Crippen molar-refractivity contribution in [3.05, 3.63) is 33.4 Å². The molecule has 1 N–H and O–H groups in total. The third kappa shape index (κ3) is 2.84. The number of rotatable bonds is 2. The fourth-order valence-electron chi connectivity index (χ4n) is 1.17. The molecule has 0 saturated carbocycles. The highest BCUT2D eigenvalue weighted by atomic mass is 127. The third-order valence-corrected chi connectivity index (χ3v) is 2.54. The predicted octanol–water partition coefficient (Wildman–Crippen LogP) is 3.11. The van der Waals surface area contributed by atoms with E-state index in [2.05, 4.69) is 27.9 Å². The Morgan fingerprint density at radius 1 is 1.21 bits per heavy atom. The highest BCUT2D eigenvalue weighted by Gasteiger charge is 2.39. The molecule has 0 fully saturated rings. The molecule has 1 rings (SSSR count). The minimum Gasteiger partial charge on any atom is -0.306 e. The second kappa shape index (κ2) is 4.48. The predicted molar refractivity (Wildman–Crippen MR) is 57.0 cm³/mol. The van der Waals surface area contributed by atoms with Gasteiger partial charge in [0.2, 0.25) is 0 Å². The van der Waals surface area contributed by atoms with E-state index in [1.165, 1.54) is 19.2 Å². The van der Waals surface area contributed by atoms with Crippen molar-refractivity contribution in [3.8, 4) is 0 Å². The molecule has 0 saturated heterocycles. The van der Waals surface area contributed by atoms with Crippen molar-refractivity contribution in [2.24, 2.45) is 0 Å². The van der Waals surface area contributed by atoms with Crippen LogP contribution in [0.1, 0.15) is 11.6 Å². The van der Waals surface area contributed by atoms with Gasteiger partial charge in [-0.2, -0.15) is 13.2 Å². The van der Waals surface area contributed by atoms with E-state index in [-0.39, 0.29) is 5.56 Å². The summed E-state index contributed by atoms with van der Waals surface area (Å²) in [7, 11) is 1.30. The number of alkyl halides is 3. The van der Waals surface area contributed by atoms with Crippen LogP contribution < -0.4 is 5.32 Å². The van der Waals surface area contributed by atoms with Gasteiger partial charge in [0.15, 0.2) is 0 Å². The summed E-state index contributed by atoms with van der Waals surface area (Å²) < 4.78 is 38.2. The van der Waals surface area contributed by atoms with Crippen LogP contribution in [0.3, 0.4) is 0 Å². The van der Waals surface area contributed by atoms with Gasteiger partial charge in [0.05, 0.1) is 0 Å². The standard InChI is InChI=1S/C9H9F3IN/c1-14-8(9(10,11)12)6-2-4-7(13)5-3-6/h2-5,8,14H,1H3. The Kier molecular flexibility index (Phi) is 3.77. The van der Waals surface area contributed by atoms with Gasteiger partial charge < -0.3 is 5.32 Å². The first-order chi connectivity index (χ1) is 6.45. The quantitative estimate of drug-likeness (QED) is 0.827. The molecule has 0 bridgehead atoms. The van der Waals surface area contributed by atoms with Crippen molar-refractivity contribution in [1.82, 2.24) is 5.32 Å². The molecular formula is C9H9F3IN. The normalized spacial score (nSPS) is 14.1. The van der Waals surface area contributed by atoms with Crippen molar-refractivity contribution in [2.45, 2.75) is 12.2 Å². The van der Waals surface area contributed by atoms with Gasteiger partial charge in [0.25, 0.3) is 0 Å². The Morgan fingerprint density at radius 3 is 2.07 bits per heavy atom. The fourth-order valence-corrected chi connectivity index (χ4v) is 1.53. The minimum atomic E-state index is -4.25. The molecule has 1 unspecified atom stereocenters. The lowest BCUT2D eigenvalue weighted by molar-refractivity contribution is -0.156. The second-order valence-electron chi connectivity index (χ2n) is 2.81. The Balaban J connectivity index is 2.96. The van der Waals surface area contributed by atoms with Crippen molar-refractivity contribution in [1.29, 1.82) is 0 Å². The zero-order valence-electron chi connectivity index (χ0n) is 7.40. The first-order valence-corrected chi connectivity index (χ1v) is 5.02. The molecule has 5 heteroatoms. The molecule has 0 aliphatic heterocycles. The topological polar surface area (TPSA) is 12.0 Å². The number of nitrogens with one attached hydrogen (secondary N) is 1. The van der Waals surface area contributed by atoms with Crippen LogP contribution in [0.15, 0.2) is 24.3 Å². The van der Waals surface area contributed by atoms with E-state index in [4.69, 9.17) is 0 Å². The van der Waals surface area contributed by atoms with Gasteiger partial charge in [-0.3, -0.25) is 0 Å². The summed E-state index contributed by atoms with van der Waals surface area (Å²) in [5.41, 5.74) is 0.236. The Labute approximate surface area is 93.8 Å². The average Bonchev–Trinajstić information content (AvgIpc) is 2.07. The van der Waals surface area contributed by atoms with Crippen molar-refractivity contribution < 1.29 is 13.2 Å². The SMILES string of the molecule is CNC(c1ccc(I)cc1)C(F)(F)F. The van der Waals surface area contributed by atoms with E-state index < -0.39 is 12.2 Å². The maximum absolute atomic E-state index is 12.4. The lowest BCUT2D eigenvalue weighted by atomic mass is 10.1. The van der Waals surface area contributed by atoms with Gasteiger partial charge in [-0.1, -0.05) is 12.1 Å². The number of halogens is 4. The van der Waals surface area contributed by atoms with Gasteiger partial charge in [-0.25, -0.2) is 0 Å². The molecule has 1 aromatic rings. The summed E-state index contributed by atoms with van der Waals surface area (Å²) in [5, 5.41) is 2.25. The maximum atomic E-state index is 12.4. The molecule has 0 heterocycles. The van der Waals surface area contributed by atoms with Gasteiger partial charge in [0, 0.05) is 3.57 Å². The van der Waals surface area contributed by atoms with Crippen molar-refractivity contribution >= 4 is 22.6 Å². The van der Waals surface area contributed by atoms with E-state index in [9.17, 15) is 13.2 Å². The van der Waals surface area contributed by atoms with E-state index in [0.29, 0.717) is 0 Å². The molecule has 1 atom stereocenters.